The van der Waals surface area contributed by atoms with Crippen LogP contribution in [0.15, 0.2) is 10.8 Å². The maximum absolute atomic E-state index is 3.89. The summed E-state index contributed by atoms with van der Waals surface area (Å²) in [5.74, 6) is 1.27. The van der Waals surface area contributed by atoms with Gasteiger partial charge in [0.2, 0.25) is 0 Å². The first-order valence-corrected chi connectivity index (χ1v) is 4.64. The van der Waals surface area contributed by atoms with E-state index in [9.17, 15) is 0 Å². The monoisotopic (exact) mass is 146 g/mol. The molecular formula is C6H10S2. The highest BCUT2D eigenvalue weighted by Crippen LogP contribution is 2.37. The van der Waals surface area contributed by atoms with Crippen molar-refractivity contribution in [2.24, 2.45) is 0 Å². The van der Waals surface area contributed by atoms with Gasteiger partial charge in [0.1, 0.15) is 0 Å². The van der Waals surface area contributed by atoms with Gasteiger partial charge in [0, 0.05) is 9.49 Å². The zero-order valence-corrected chi connectivity index (χ0v) is 6.65. The molecule has 0 aromatic carbocycles. The third kappa shape index (κ3) is 1.75. The predicted octanol–water partition coefficient (Wildman–Crippen LogP) is 2.72. The lowest BCUT2D eigenvalue weighted by Crippen LogP contribution is -2.02. The maximum atomic E-state index is 3.89. The molecule has 0 amide bonds. The fourth-order valence-corrected chi connectivity index (χ4v) is 3.20. The van der Waals surface area contributed by atoms with Crippen molar-refractivity contribution in [2.45, 2.75) is 18.6 Å². The molecule has 0 N–H and O–H groups in total. The molecule has 8 heavy (non-hydrogen) atoms. The summed E-state index contributed by atoms with van der Waals surface area (Å²) in [4.78, 5) is 0. The second kappa shape index (κ2) is 2.83. The molecule has 0 nitrogen and oxygen atoms in total. The van der Waals surface area contributed by atoms with Crippen LogP contribution in [0.5, 0.6) is 0 Å². The molecule has 1 saturated heterocycles. The smallest absolute Gasteiger partial charge is 0.0331 e. The number of hydrogen-bond acceptors (Lipinski definition) is 2. The third-order valence-corrected chi connectivity index (χ3v) is 3.43. The van der Waals surface area contributed by atoms with Crippen LogP contribution >= 0.6 is 23.5 Å². The molecule has 1 heterocycles. The average molecular weight is 146 g/mol. The van der Waals surface area contributed by atoms with E-state index in [4.69, 9.17) is 0 Å². The van der Waals surface area contributed by atoms with Crippen LogP contribution in [0, 0.1) is 0 Å². The molecule has 1 aliphatic heterocycles. The highest BCUT2D eigenvalue weighted by molar-refractivity contribution is 8.23. The van der Waals surface area contributed by atoms with Crippen LogP contribution in [-0.4, -0.2) is 11.0 Å². The first-order chi connectivity index (χ1) is 3.79. The lowest BCUT2D eigenvalue weighted by molar-refractivity contribution is 0.917. The normalized spacial score (nSPS) is 30.6. The second-order valence-corrected chi connectivity index (χ2v) is 4.92. The molecule has 1 atom stereocenters. The van der Waals surface area contributed by atoms with Gasteiger partial charge in [-0.05, 0) is 12.2 Å². The molecule has 0 aromatic heterocycles. The SMILES string of the molecule is C=C1SCCC(C)S1. The Morgan fingerprint density at radius 2 is 2.50 bits per heavy atom. The summed E-state index contributed by atoms with van der Waals surface area (Å²) in [5, 5.41) is 0.809. The minimum absolute atomic E-state index is 0.809. The Hall–Kier alpha value is 0.440. The largest absolute Gasteiger partial charge is 0.120 e. The molecule has 1 unspecified atom stereocenters. The van der Waals surface area contributed by atoms with Crippen LogP contribution in [0.1, 0.15) is 13.3 Å². The molecule has 0 spiro atoms. The van der Waals surface area contributed by atoms with Gasteiger partial charge in [-0.1, -0.05) is 13.5 Å². The Bertz CT molecular complexity index is 98.7. The van der Waals surface area contributed by atoms with E-state index in [2.05, 4.69) is 13.5 Å². The minimum atomic E-state index is 0.809. The zero-order valence-electron chi connectivity index (χ0n) is 5.02. The highest BCUT2D eigenvalue weighted by Gasteiger charge is 2.10. The molecule has 1 rings (SSSR count). The van der Waals surface area contributed by atoms with Crippen molar-refractivity contribution in [1.29, 1.82) is 0 Å². The van der Waals surface area contributed by atoms with Crippen LogP contribution < -0.4 is 0 Å². The summed E-state index contributed by atoms with van der Waals surface area (Å²) < 4.78 is 1.30. The number of hydrogen-bond donors (Lipinski definition) is 0. The Morgan fingerprint density at radius 3 is 2.88 bits per heavy atom. The van der Waals surface area contributed by atoms with Gasteiger partial charge < -0.3 is 0 Å². The summed E-state index contributed by atoms with van der Waals surface area (Å²) >= 11 is 3.80. The Kier molecular flexibility index (Phi) is 2.32. The maximum Gasteiger partial charge on any atom is 0.0331 e. The fourth-order valence-electron chi connectivity index (χ4n) is 0.656. The van der Waals surface area contributed by atoms with Crippen molar-refractivity contribution in [1.82, 2.24) is 0 Å². The minimum Gasteiger partial charge on any atom is -0.120 e. The topological polar surface area (TPSA) is 0 Å². The van der Waals surface area contributed by atoms with E-state index in [0.29, 0.717) is 0 Å². The first kappa shape index (κ1) is 6.56. The first-order valence-electron chi connectivity index (χ1n) is 2.77. The summed E-state index contributed by atoms with van der Waals surface area (Å²) in [6.45, 7) is 6.15. The summed E-state index contributed by atoms with van der Waals surface area (Å²) in [7, 11) is 0. The van der Waals surface area contributed by atoms with Crippen LogP contribution in [0.2, 0.25) is 0 Å². The summed E-state index contributed by atoms with van der Waals surface area (Å²) in [5.41, 5.74) is 0. The molecule has 0 aromatic rings. The Balaban J connectivity index is 2.34. The summed E-state index contributed by atoms with van der Waals surface area (Å²) in [6, 6.07) is 0. The molecule has 0 radical (unpaired) electrons. The molecule has 1 aliphatic rings. The zero-order chi connectivity index (χ0) is 5.98. The van der Waals surface area contributed by atoms with E-state index >= 15 is 0 Å². The lowest BCUT2D eigenvalue weighted by atomic mass is 10.4. The van der Waals surface area contributed by atoms with E-state index in [1.165, 1.54) is 16.4 Å². The van der Waals surface area contributed by atoms with Crippen LogP contribution in [0.4, 0.5) is 0 Å². The molecule has 0 aliphatic carbocycles. The number of thioether (sulfide) groups is 2. The Labute approximate surface area is 59.1 Å². The van der Waals surface area contributed by atoms with E-state index in [1.54, 1.807) is 0 Å². The summed E-state index contributed by atoms with van der Waals surface area (Å²) in [6.07, 6.45) is 1.34. The van der Waals surface area contributed by atoms with Gasteiger partial charge in [0.25, 0.3) is 0 Å². The molecular weight excluding hydrogens is 136 g/mol. The second-order valence-electron chi connectivity index (χ2n) is 1.94. The van der Waals surface area contributed by atoms with Gasteiger partial charge in [0.05, 0.1) is 0 Å². The molecule has 0 bridgehead atoms. The molecule has 0 saturated carbocycles. The van der Waals surface area contributed by atoms with Gasteiger partial charge in [-0.15, -0.1) is 23.5 Å². The Morgan fingerprint density at radius 1 is 1.75 bits per heavy atom. The average Bonchev–Trinajstić information content (AvgIpc) is 1.64. The predicted molar refractivity (Wildman–Crippen MR) is 43.3 cm³/mol. The van der Waals surface area contributed by atoms with Gasteiger partial charge in [-0.3, -0.25) is 0 Å². The van der Waals surface area contributed by atoms with Crippen molar-refractivity contribution < 1.29 is 0 Å². The quantitative estimate of drug-likeness (QED) is 0.515. The molecule has 1 fully saturated rings. The van der Waals surface area contributed by atoms with Crippen molar-refractivity contribution in [3.8, 4) is 0 Å². The standard InChI is InChI=1S/C6H10S2/c1-5-3-4-7-6(2)8-5/h5H,2-4H2,1H3. The highest BCUT2D eigenvalue weighted by atomic mass is 32.2. The van der Waals surface area contributed by atoms with Crippen LogP contribution in [-0.2, 0) is 0 Å². The molecule has 46 valence electrons. The molecule has 2 heteroatoms. The lowest BCUT2D eigenvalue weighted by Gasteiger charge is -2.17. The van der Waals surface area contributed by atoms with Crippen LogP contribution in [0.25, 0.3) is 0 Å². The van der Waals surface area contributed by atoms with Crippen LogP contribution in [0.3, 0.4) is 0 Å². The van der Waals surface area contributed by atoms with E-state index < -0.39 is 0 Å². The van der Waals surface area contributed by atoms with E-state index in [0.717, 1.165) is 5.25 Å². The van der Waals surface area contributed by atoms with E-state index in [-0.39, 0.29) is 0 Å². The van der Waals surface area contributed by atoms with Gasteiger partial charge in [-0.25, -0.2) is 0 Å². The van der Waals surface area contributed by atoms with Gasteiger partial charge in [-0.2, -0.15) is 0 Å². The van der Waals surface area contributed by atoms with E-state index in [1.807, 2.05) is 23.5 Å². The van der Waals surface area contributed by atoms with Gasteiger partial charge >= 0.3 is 0 Å². The van der Waals surface area contributed by atoms with Crippen molar-refractivity contribution in [3.63, 3.8) is 0 Å². The van der Waals surface area contributed by atoms with Crippen molar-refractivity contribution >= 4 is 23.5 Å². The fraction of sp³-hybridized carbons (Fsp3) is 0.667. The van der Waals surface area contributed by atoms with Gasteiger partial charge in [0.15, 0.2) is 0 Å². The third-order valence-electron chi connectivity index (χ3n) is 1.12. The van der Waals surface area contributed by atoms with Crippen molar-refractivity contribution in [2.75, 3.05) is 5.75 Å². The number of rotatable bonds is 0. The van der Waals surface area contributed by atoms with Crippen molar-refractivity contribution in [3.05, 3.63) is 10.8 Å².